The average Bonchev–Trinajstić information content (AvgIpc) is 3.16. The number of thiophene rings is 1. The lowest BCUT2D eigenvalue weighted by Gasteiger charge is -2.15. The van der Waals surface area contributed by atoms with Crippen molar-refractivity contribution in [3.05, 3.63) is 25.8 Å². The molecular weight excluding hydrogens is 320 g/mol. The zero-order valence-electron chi connectivity index (χ0n) is 12.0. The van der Waals surface area contributed by atoms with E-state index in [0.717, 1.165) is 17.8 Å². The molecule has 0 atom stereocenters. The van der Waals surface area contributed by atoms with Gasteiger partial charge in [0.15, 0.2) is 11.5 Å². The van der Waals surface area contributed by atoms with Gasteiger partial charge >= 0.3 is 0 Å². The predicted molar refractivity (Wildman–Crippen MR) is 85.2 cm³/mol. The van der Waals surface area contributed by atoms with Gasteiger partial charge in [0.2, 0.25) is 0 Å². The first kappa shape index (κ1) is 14.0. The Hall–Kier alpha value is -1.60. The molecule has 0 unspecified atom stereocenters. The third kappa shape index (κ3) is 2.59. The summed E-state index contributed by atoms with van der Waals surface area (Å²) in [6, 6.07) is 0. The van der Waals surface area contributed by atoms with E-state index in [1.165, 1.54) is 34.7 Å². The molecule has 3 heterocycles. The number of aryl methyl sites for hydroxylation is 2. The normalized spacial score (nSPS) is 16.2. The van der Waals surface area contributed by atoms with E-state index in [2.05, 4.69) is 10.3 Å². The van der Waals surface area contributed by atoms with Crippen molar-refractivity contribution in [2.24, 2.45) is 0 Å². The molecule has 2 aromatic heterocycles. The summed E-state index contributed by atoms with van der Waals surface area (Å²) >= 11 is 3.08. The first-order chi connectivity index (χ1) is 10.8. The summed E-state index contributed by atoms with van der Waals surface area (Å²) in [6.07, 6.45) is 4.68. The second kappa shape index (κ2) is 5.89. The third-order valence-electron chi connectivity index (χ3n) is 3.80. The summed E-state index contributed by atoms with van der Waals surface area (Å²) in [6.45, 7) is 1.50. The van der Waals surface area contributed by atoms with E-state index in [0.29, 0.717) is 36.1 Å². The molecular formula is C15H16N2O3S2. The number of rotatable bonds is 3. The number of nitrogens with one attached hydrogen (secondary N) is 1. The summed E-state index contributed by atoms with van der Waals surface area (Å²) < 4.78 is 11.0. The Morgan fingerprint density at radius 2 is 2.14 bits per heavy atom. The Labute approximate surface area is 136 Å². The Bertz CT molecular complexity index is 684. The average molecular weight is 336 g/mol. The highest BCUT2D eigenvalue weighted by Gasteiger charge is 2.23. The molecule has 7 heteroatoms. The fourth-order valence-electron chi connectivity index (χ4n) is 2.74. The van der Waals surface area contributed by atoms with Crippen LogP contribution >= 0.6 is 22.7 Å². The zero-order valence-corrected chi connectivity index (χ0v) is 13.6. The summed E-state index contributed by atoms with van der Waals surface area (Å²) in [4.78, 5) is 18.9. The molecule has 2 aromatic rings. The van der Waals surface area contributed by atoms with Crippen molar-refractivity contribution in [2.75, 3.05) is 13.2 Å². The predicted octanol–water partition coefficient (Wildman–Crippen LogP) is 2.78. The Kier molecular flexibility index (Phi) is 3.75. The maximum Gasteiger partial charge on any atom is 0.265 e. The van der Waals surface area contributed by atoms with Gasteiger partial charge in [-0.1, -0.05) is 0 Å². The fraction of sp³-hybridized carbons (Fsp3) is 0.467. The van der Waals surface area contributed by atoms with Gasteiger partial charge in [0.25, 0.3) is 5.91 Å². The van der Waals surface area contributed by atoms with Crippen molar-refractivity contribution in [3.8, 4) is 11.5 Å². The van der Waals surface area contributed by atoms with Gasteiger partial charge < -0.3 is 14.8 Å². The van der Waals surface area contributed by atoms with Crippen molar-refractivity contribution in [2.45, 2.75) is 32.2 Å². The molecule has 0 radical (unpaired) electrons. The molecule has 4 rings (SSSR count). The Balaban J connectivity index is 1.44. The third-order valence-corrected chi connectivity index (χ3v) is 5.89. The molecule has 22 heavy (non-hydrogen) atoms. The van der Waals surface area contributed by atoms with E-state index in [4.69, 9.17) is 9.47 Å². The summed E-state index contributed by atoms with van der Waals surface area (Å²) in [5.41, 5.74) is 1.23. The smallest absolute Gasteiger partial charge is 0.265 e. The van der Waals surface area contributed by atoms with Gasteiger partial charge in [0.1, 0.15) is 23.1 Å². The van der Waals surface area contributed by atoms with Gasteiger partial charge in [-0.3, -0.25) is 4.79 Å². The highest BCUT2D eigenvalue weighted by atomic mass is 32.1. The number of hydrogen-bond donors (Lipinski definition) is 1. The van der Waals surface area contributed by atoms with Crippen LogP contribution in [-0.2, 0) is 19.4 Å². The fourth-order valence-corrected chi connectivity index (χ4v) is 4.68. The quantitative estimate of drug-likeness (QED) is 0.936. The number of hydrogen-bond acceptors (Lipinski definition) is 6. The summed E-state index contributed by atoms with van der Waals surface area (Å²) in [5, 5.41) is 5.76. The molecule has 0 saturated heterocycles. The van der Waals surface area contributed by atoms with Crippen LogP contribution < -0.4 is 14.8 Å². The zero-order chi connectivity index (χ0) is 14.9. The number of carbonyl (C=O) groups excluding carboxylic acids is 1. The van der Waals surface area contributed by atoms with Gasteiger partial charge in [-0.15, -0.1) is 22.7 Å². The minimum atomic E-state index is -0.120. The van der Waals surface area contributed by atoms with Gasteiger partial charge in [-0.05, 0) is 25.7 Å². The lowest BCUT2D eigenvalue weighted by Crippen LogP contribution is -2.23. The number of ether oxygens (including phenoxy) is 2. The van der Waals surface area contributed by atoms with Crippen molar-refractivity contribution in [3.63, 3.8) is 0 Å². The summed E-state index contributed by atoms with van der Waals surface area (Å²) in [5.74, 6) is 1.13. The minimum Gasteiger partial charge on any atom is -0.485 e. The molecule has 0 bridgehead atoms. The van der Waals surface area contributed by atoms with Crippen molar-refractivity contribution < 1.29 is 14.3 Å². The highest BCUT2D eigenvalue weighted by molar-refractivity contribution is 7.13. The molecule has 1 amide bonds. The van der Waals surface area contributed by atoms with Gasteiger partial charge in [-0.25, -0.2) is 4.98 Å². The van der Waals surface area contributed by atoms with Crippen molar-refractivity contribution >= 4 is 28.6 Å². The molecule has 5 nitrogen and oxygen atoms in total. The molecule has 0 saturated carbocycles. The van der Waals surface area contributed by atoms with Gasteiger partial charge in [0, 0.05) is 10.3 Å². The van der Waals surface area contributed by atoms with E-state index >= 15 is 0 Å². The van der Waals surface area contributed by atoms with E-state index in [1.54, 1.807) is 11.3 Å². The van der Waals surface area contributed by atoms with E-state index < -0.39 is 0 Å². The monoisotopic (exact) mass is 336 g/mol. The number of fused-ring (bicyclic) bond motifs is 2. The summed E-state index contributed by atoms with van der Waals surface area (Å²) in [7, 11) is 0. The Morgan fingerprint density at radius 1 is 1.27 bits per heavy atom. The van der Waals surface area contributed by atoms with Crippen molar-refractivity contribution in [1.82, 2.24) is 10.3 Å². The minimum absolute atomic E-state index is 0.120. The first-order valence-corrected chi connectivity index (χ1v) is 9.13. The van der Waals surface area contributed by atoms with Crippen LogP contribution in [0.2, 0.25) is 0 Å². The van der Waals surface area contributed by atoms with Crippen LogP contribution in [0, 0.1) is 0 Å². The second-order valence-electron chi connectivity index (χ2n) is 5.32. The number of thiazole rings is 1. The standard InChI is InChI=1S/C15H16N2O3S2/c18-15(14-13-10(8-21-14)19-5-6-20-13)16-7-12-17-9-3-1-2-4-11(9)22-12/h8H,1-7H2,(H,16,18). The second-order valence-corrected chi connectivity index (χ2v) is 7.37. The van der Waals surface area contributed by atoms with E-state index in [9.17, 15) is 4.79 Å². The Morgan fingerprint density at radius 3 is 3.05 bits per heavy atom. The highest BCUT2D eigenvalue weighted by Crippen LogP contribution is 2.39. The van der Waals surface area contributed by atoms with E-state index in [-0.39, 0.29) is 5.91 Å². The van der Waals surface area contributed by atoms with Gasteiger partial charge in [0.05, 0.1) is 12.2 Å². The van der Waals surface area contributed by atoms with E-state index in [1.807, 2.05) is 5.38 Å². The molecule has 2 aliphatic rings. The lowest BCUT2D eigenvalue weighted by molar-refractivity contribution is 0.0945. The van der Waals surface area contributed by atoms with Crippen LogP contribution in [0.3, 0.4) is 0 Å². The van der Waals surface area contributed by atoms with Crippen LogP contribution in [0.1, 0.15) is 38.1 Å². The molecule has 1 aliphatic heterocycles. The SMILES string of the molecule is O=C(NCc1nc2c(s1)CCCC2)c1scc2c1OCCO2. The number of nitrogens with zero attached hydrogens (tertiary/aromatic N) is 1. The van der Waals surface area contributed by atoms with Crippen LogP contribution in [0.5, 0.6) is 11.5 Å². The number of aromatic nitrogens is 1. The maximum absolute atomic E-state index is 12.3. The molecule has 1 aliphatic carbocycles. The lowest BCUT2D eigenvalue weighted by atomic mass is 10.0. The van der Waals surface area contributed by atoms with Crippen LogP contribution in [0.15, 0.2) is 5.38 Å². The van der Waals surface area contributed by atoms with Crippen LogP contribution in [0.4, 0.5) is 0 Å². The maximum atomic E-state index is 12.3. The van der Waals surface area contributed by atoms with Crippen LogP contribution in [0.25, 0.3) is 0 Å². The van der Waals surface area contributed by atoms with Crippen molar-refractivity contribution in [1.29, 1.82) is 0 Å². The molecule has 0 fully saturated rings. The number of amides is 1. The molecule has 1 N–H and O–H groups in total. The van der Waals surface area contributed by atoms with Gasteiger partial charge in [-0.2, -0.15) is 0 Å². The number of carbonyl (C=O) groups is 1. The largest absolute Gasteiger partial charge is 0.485 e. The first-order valence-electron chi connectivity index (χ1n) is 7.44. The molecule has 0 aromatic carbocycles. The topological polar surface area (TPSA) is 60.5 Å². The van der Waals surface area contributed by atoms with Crippen LogP contribution in [-0.4, -0.2) is 24.1 Å². The molecule has 116 valence electrons. The molecule has 0 spiro atoms.